The van der Waals surface area contributed by atoms with Gasteiger partial charge in [0.2, 0.25) is 17.8 Å². The van der Waals surface area contributed by atoms with Gasteiger partial charge in [0.15, 0.2) is 0 Å². The van der Waals surface area contributed by atoms with Gasteiger partial charge >= 0.3 is 17.9 Å². The first kappa shape index (κ1) is 20.9. The Morgan fingerprint density at radius 1 is 0.615 bits per heavy atom. The van der Waals surface area contributed by atoms with E-state index >= 15 is 0 Å². The zero-order valence-electron chi connectivity index (χ0n) is 14.1. The first-order chi connectivity index (χ1) is 12.4. The molecule has 6 N–H and O–H groups in total. The van der Waals surface area contributed by atoms with Gasteiger partial charge in [-0.05, 0) is 12.8 Å². The van der Waals surface area contributed by atoms with Crippen LogP contribution in [0.2, 0.25) is 0 Å². The normalized spacial score (nSPS) is 10.2. The van der Waals surface area contributed by atoms with Crippen molar-refractivity contribution in [2.24, 2.45) is 0 Å². The number of aromatic nitrogens is 3. The molecule has 12 nitrogen and oxygen atoms in total. The number of hydrogen-bond donors (Lipinski definition) is 6. The Balaban J connectivity index is 2.66. The largest absolute Gasteiger partial charge is 0.481 e. The standard InChI is InChI=1S/C14H22N6O6/c21-9(22)3-1-6-15-12-18-13(16-7-2-4-10(23)24)20-14(19-12)17-8-5-11(25)26/h1-8H2,(H,21,22)(H,23,24)(H,25,26)(H3,15,16,17,18,19,20). The maximum absolute atomic E-state index is 10.6. The molecule has 0 bridgehead atoms. The summed E-state index contributed by atoms with van der Waals surface area (Å²) < 4.78 is 0. The summed E-state index contributed by atoms with van der Waals surface area (Å²) in [6.07, 6.45) is 0.646. The number of nitrogens with zero attached hydrogens (tertiary/aromatic N) is 3. The molecule has 0 saturated heterocycles. The van der Waals surface area contributed by atoms with Crippen LogP contribution in [0.3, 0.4) is 0 Å². The van der Waals surface area contributed by atoms with Gasteiger partial charge < -0.3 is 31.3 Å². The van der Waals surface area contributed by atoms with Gasteiger partial charge in [-0.15, -0.1) is 0 Å². The average Bonchev–Trinajstić information content (AvgIpc) is 2.55. The van der Waals surface area contributed by atoms with E-state index in [4.69, 9.17) is 15.3 Å². The Morgan fingerprint density at radius 3 is 1.31 bits per heavy atom. The van der Waals surface area contributed by atoms with Crippen LogP contribution in [0.15, 0.2) is 0 Å². The predicted molar refractivity (Wildman–Crippen MR) is 91.3 cm³/mol. The lowest BCUT2D eigenvalue weighted by molar-refractivity contribution is -0.138. The van der Waals surface area contributed by atoms with E-state index in [-0.39, 0.29) is 43.7 Å². The molecule has 0 saturated carbocycles. The highest BCUT2D eigenvalue weighted by atomic mass is 16.4. The van der Waals surface area contributed by atoms with Crippen molar-refractivity contribution in [2.75, 3.05) is 35.6 Å². The molecule has 0 aliphatic carbocycles. The van der Waals surface area contributed by atoms with Crippen molar-refractivity contribution in [3.8, 4) is 0 Å². The number of carbonyl (C=O) groups is 3. The molecule has 26 heavy (non-hydrogen) atoms. The number of hydrogen-bond acceptors (Lipinski definition) is 9. The van der Waals surface area contributed by atoms with Gasteiger partial charge in [0.1, 0.15) is 0 Å². The fourth-order valence-electron chi connectivity index (χ4n) is 1.77. The van der Waals surface area contributed by atoms with Gasteiger partial charge in [0.25, 0.3) is 0 Å². The average molecular weight is 370 g/mol. The summed E-state index contributed by atoms with van der Waals surface area (Å²) in [7, 11) is 0. The molecule has 0 aromatic carbocycles. The summed E-state index contributed by atoms with van der Waals surface area (Å²) in [6, 6.07) is 0. The third kappa shape index (κ3) is 9.85. The maximum Gasteiger partial charge on any atom is 0.305 e. The molecular weight excluding hydrogens is 348 g/mol. The number of nitrogens with one attached hydrogen (secondary N) is 3. The number of anilines is 3. The first-order valence-electron chi connectivity index (χ1n) is 8.00. The van der Waals surface area contributed by atoms with Crippen molar-refractivity contribution in [3.63, 3.8) is 0 Å². The molecule has 1 rings (SSSR count). The van der Waals surface area contributed by atoms with Crippen LogP contribution in [0, 0.1) is 0 Å². The van der Waals surface area contributed by atoms with Gasteiger partial charge in [-0.25, -0.2) is 0 Å². The van der Waals surface area contributed by atoms with Crippen LogP contribution in [0.5, 0.6) is 0 Å². The Kier molecular flexibility index (Phi) is 9.14. The van der Waals surface area contributed by atoms with Crippen LogP contribution < -0.4 is 16.0 Å². The highest BCUT2D eigenvalue weighted by Gasteiger charge is 2.08. The highest BCUT2D eigenvalue weighted by molar-refractivity contribution is 5.67. The van der Waals surface area contributed by atoms with Crippen molar-refractivity contribution in [2.45, 2.75) is 32.1 Å². The van der Waals surface area contributed by atoms with Crippen molar-refractivity contribution < 1.29 is 29.7 Å². The summed E-state index contributed by atoms with van der Waals surface area (Å²) in [6.45, 7) is 0.795. The molecule has 1 aromatic rings. The van der Waals surface area contributed by atoms with E-state index in [9.17, 15) is 14.4 Å². The van der Waals surface area contributed by atoms with Crippen LogP contribution in [0.4, 0.5) is 17.8 Å². The van der Waals surface area contributed by atoms with Crippen molar-refractivity contribution >= 4 is 35.8 Å². The predicted octanol–water partition coefficient (Wildman–Crippen LogP) is 0.312. The van der Waals surface area contributed by atoms with Crippen molar-refractivity contribution in [1.29, 1.82) is 0 Å². The molecule has 0 aliphatic heterocycles. The second-order valence-electron chi connectivity index (χ2n) is 5.22. The van der Waals surface area contributed by atoms with E-state index in [2.05, 4.69) is 30.9 Å². The summed E-state index contributed by atoms with van der Waals surface area (Å²) >= 11 is 0. The lowest BCUT2D eigenvalue weighted by Crippen LogP contribution is -2.16. The smallest absolute Gasteiger partial charge is 0.305 e. The Morgan fingerprint density at radius 2 is 0.962 bits per heavy atom. The third-order valence-electron chi connectivity index (χ3n) is 2.96. The fourth-order valence-corrected chi connectivity index (χ4v) is 1.77. The van der Waals surface area contributed by atoms with E-state index in [0.29, 0.717) is 25.9 Å². The van der Waals surface area contributed by atoms with E-state index in [1.165, 1.54) is 0 Å². The molecule has 144 valence electrons. The molecule has 0 unspecified atom stereocenters. The molecule has 0 atom stereocenters. The lowest BCUT2D eigenvalue weighted by Gasteiger charge is -2.10. The summed E-state index contributed by atoms with van der Waals surface area (Å²) in [5.74, 6) is -2.22. The number of aliphatic carboxylic acids is 3. The molecule has 1 aromatic heterocycles. The van der Waals surface area contributed by atoms with Crippen LogP contribution in [0.1, 0.15) is 32.1 Å². The van der Waals surface area contributed by atoms with Crippen LogP contribution in [0.25, 0.3) is 0 Å². The third-order valence-corrected chi connectivity index (χ3v) is 2.96. The highest BCUT2D eigenvalue weighted by Crippen LogP contribution is 2.10. The van der Waals surface area contributed by atoms with E-state index in [1.807, 2.05) is 0 Å². The zero-order valence-corrected chi connectivity index (χ0v) is 14.1. The van der Waals surface area contributed by atoms with E-state index in [1.54, 1.807) is 0 Å². The number of carboxylic acids is 3. The minimum atomic E-state index is -0.967. The topological polar surface area (TPSA) is 187 Å². The molecule has 12 heteroatoms. The molecular formula is C14H22N6O6. The molecule has 0 radical (unpaired) electrons. The molecule has 1 heterocycles. The second kappa shape index (κ2) is 11.4. The summed E-state index contributed by atoms with van der Waals surface area (Å²) in [5.41, 5.74) is 0. The summed E-state index contributed by atoms with van der Waals surface area (Å²) in [5, 5.41) is 34.4. The van der Waals surface area contributed by atoms with Gasteiger partial charge in [0, 0.05) is 32.5 Å². The quantitative estimate of drug-likeness (QED) is 0.246. The van der Waals surface area contributed by atoms with Crippen LogP contribution in [-0.2, 0) is 14.4 Å². The molecule has 0 amide bonds. The first-order valence-corrected chi connectivity index (χ1v) is 8.00. The molecule has 0 spiro atoms. The zero-order chi connectivity index (χ0) is 19.4. The van der Waals surface area contributed by atoms with E-state index < -0.39 is 17.9 Å². The Hall–Kier alpha value is -3.18. The summed E-state index contributed by atoms with van der Waals surface area (Å²) in [4.78, 5) is 43.9. The molecule has 0 fully saturated rings. The monoisotopic (exact) mass is 370 g/mol. The Bertz CT molecular complexity index is 586. The minimum Gasteiger partial charge on any atom is -0.481 e. The van der Waals surface area contributed by atoms with Crippen LogP contribution >= 0.6 is 0 Å². The molecule has 0 aliphatic rings. The van der Waals surface area contributed by atoms with Crippen molar-refractivity contribution in [1.82, 2.24) is 15.0 Å². The number of rotatable bonds is 14. The minimum absolute atomic E-state index is 0.00208. The Labute approximate surface area is 149 Å². The van der Waals surface area contributed by atoms with Gasteiger partial charge in [-0.3, -0.25) is 14.4 Å². The number of carboxylic acid groups (broad SMARTS) is 3. The van der Waals surface area contributed by atoms with Gasteiger partial charge in [-0.1, -0.05) is 0 Å². The van der Waals surface area contributed by atoms with Crippen LogP contribution in [-0.4, -0.2) is 67.8 Å². The van der Waals surface area contributed by atoms with E-state index in [0.717, 1.165) is 0 Å². The van der Waals surface area contributed by atoms with Crippen molar-refractivity contribution in [3.05, 3.63) is 0 Å². The lowest BCUT2D eigenvalue weighted by atomic mass is 10.3. The van der Waals surface area contributed by atoms with Gasteiger partial charge in [0.05, 0.1) is 6.42 Å². The maximum atomic E-state index is 10.6. The second-order valence-corrected chi connectivity index (χ2v) is 5.22. The SMILES string of the molecule is O=C(O)CCCNc1nc(NCCCC(=O)O)nc(NCCC(=O)O)n1. The van der Waals surface area contributed by atoms with Gasteiger partial charge in [-0.2, -0.15) is 15.0 Å². The fraction of sp³-hybridized carbons (Fsp3) is 0.571.